The lowest BCUT2D eigenvalue weighted by Gasteiger charge is -2.11. The molecule has 0 aliphatic carbocycles. The molecule has 0 unspecified atom stereocenters. The summed E-state index contributed by atoms with van der Waals surface area (Å²) in [5, 5.41) is 0.776. The molecule has 0 atom stereocenters. The van der Waals surface area contributed by atoms with Crippen molar-refractivity contribution in [2.24, 2.45) is 0 Å². The minimum Gasteiger partial charge on any atom is -0.329 e. The molecule has 0 amide bonds. The van der Waals surface area contributed by atoms with Crippen molar-refractivity contribution in [3.05, 3.63) is 70.0 Å². The molecular formula is C18H17ClN2O2S2. The molecule has 0 aliphatic heterocycles. The van der Waals surface area contributed by atoms with E-state index in [1.54, 1.807) is 17.6 Å². The fourth-order valence-corrected chi connectivity index (χ4v) is 4.41. The topological polar surface area (TPSA) is 54.9 Å². The third-order valence-electron chi connectivity index (χ3n) is 3.96. The van der Waals surface area contributed by atoms with Gasteiger partial charge in [-0.25, -0.2) is 8.42 Å². The molecule has 25 heavy (non-hydrogen) atoms. The Balaban J connectivity index is 2.24. The van der Waals surface area contributed by atoms with Crippen molar-refractivity contribution in [1.29, 1.82) is 0 Å². The number of nitrogens with one attached hydrogen (secondary N) is 1. The van der Waals surface area contributed by atoms with Crippen molar-refractivity contribution < 1.29 is 8.42 Å². The Morgan fingerprint density at radius 1 is 1.08 bits per heavy atom. The number of hydrogen-bond donors (Lipinski definition) is 1. The second-order valence-corrected chi connectivity index (χ2v) is 8.54. The summed E-state index contributed by atoms with van der Waals surface area (Å²) in [4.78, 5) is 3.07. The van der Waals surface area contributed by atoms with Gasteiger partial charge < -0.3 is 9.55 Å². The average Bonchev–Trinajstić information content (AvgIpc) is 2.95. The van der Waals surface area contributed by atoms with Crippen LogP contribution in [0.1, 0.15) is 12.5 Å². The van der Waals surface area contributed by atoms with E-state index in [1.165, 1.54) is 0 Å². The molecule has 2 aromatic carbocycles. The highest BCUT2D eigenvalue weighted by molar-refractivity contribution is 7.91. The van der Waals surface area contributed by atoms with Crippen LogP contribution in [0.4, 0.5) is 0 Å². The molecular weight excluding hydrogens is 376 g/mol. The van der Waals surface area contributed by atoms with Gasteiger partial charge in [0.1, 0.15) is 0 Å². The minimum atomic E-state index is -3.50. The first-order valence-electron chi connectivity index (χ1n) is 7.78. The van der Waals surface area contributed by atoms with E-state index in [1.807, 2.05) is 48.5 Å². The third-order valence-corrected chi connectivity index (χ3v) is 6.42. The average molecular weight is 393 g/mol. The summed E-state index contributed by atoms with van der Waals surface area (Å²) in [7, 11) is -3.50. The second kappa shape index (κ2) is 7.15. The number of sulfone groups is 1. The summed E-state index contributed by atoms with van der Waals surface area (Å²) in [6, 6.07) is 16.7. The van der Waals surface area contributed by atoms with Crippen LogP contribution < -0.4 is 0 Å². The lowest BCUT2D eigenvalue weighted by Crippen LogP contribution is -2.13. The molecule has 1 N–H and O–H groups in total. The molecule has 4 nitrogen and oxygen atoms in total. The quantitative estimate of drug-likeness (QED) is 0.640. The number of rotatable bonds is 5. The highest BCUT2D eigenvalue weighted by Crippen LogP contribution is 2.29. The Hall–Kier alpha value is -1.89. The van der Waals surface area contributed by atoms with Gasteiger partial charge in [0.05, 0.1) is 18.0 Å². The normalized spacial score (nSPS) is 11.6. The van der Waals surface area contributed by atoms with Crippen molar-refractivity contribution in [3.8, 4) is 11.3 Å². The number of aromatic amines is 1. The first-order chi connectivity index (χ1) is 11.9. The standard InChI is InChI=1S/C18H17ClN2O2S2/c1-2-25(22,23)17-16(13-8-4-3-5-9-13)20-18(24)21(17)12-14-10-6-7-11-15(14)19/h3-11H,2,12H2,1H3,(H,20,24). The van der Waals surface area contributed by atoms with E-state index in [0.29, 0.717) is 15.5 Å². The van der Waals surface area contributed by atoms with Crippen LogP contribution in [0.5, 0.6) is 0 Å². The summed E-state index contributed by atoms with van der Waals surface area (Å²) in [5.41, 5.74) is 2.10. The van der Waals surface area contributed by atoms with Crippen molar-refractivity contribution in [2.45, 2.75) is 18.5 Å². The molecule has 1 heterocycles. The maximum Gasteiger partial charge on any atom is 0.195 e. The molecule has 0 fully saturated rings. The van der Waals surface area contributed by atoms with E-state index < -0.39 is 9.84 Å². The fraction of sp³-hybridized carbons (Fsp3) is 0.167. The molecule has 7 heteroatoms. The molecule has 0 radical (unpaired) electrons. The summed E-state index contributed by atoms with van der Waals surface area (Å²) >= 11 is 11.7. The van der Waals surface area contributed by atoms with Crippen molar-refractivity contribution in [3.63, 3.8) is 0 Å². The zero-order valence-corrected chi connectivity index (χ0v) is 16.0. The third kappa shape index (κ3) is 3.56. The highest BCUT2D eigenvalue weighted by Gasteiger charge is 2.25. The highest BCUT2D eigenvalue weighted by atomic mass is 35.5. The van der Waals surface area contributed by atoms with E-state index in [2.05, 4.69) is 4.98 Å². The first-order valence-corrected chi connectivity index (χ1v) is 10.2. The SMILES string of the molecule is CCS(=O)(=O)c1c(-c2ccccc2)[nH]c(=S)n1Cc1ccccc1Cl. The van der Waals surface area contributed by atoms with Gasteiger partial charge in [0, 0.05) is 10.6 Å². The Bertz CT molecular complexity index is 1050. The predicted molar refractivity (Wildman–Crippen MR) is 103 cm³/mol. The Morgan fingerprint density at radius 3 is 2.36 bits per heavy atom. The van der Waals surface area contributed by atoms with Crippen LogP contribution in [0.25, 0.3) is 11.3 Å². The summed E-state index contributed by atoms with van der Waals surface area (Å²) < 4.78 is 27.5. The Morgan fingerprint density at radius 2 is 1.72 bits per heavy atom. The summed E-state index contributed by atoms with van der Waals surface area (Å²) in [6.45, 7) is 1.91. The van der Waals surface area contributed by atoms with E-state index in [9.17, 15) is 8.42 Å². The molecule has 3 aromatic rings. The predicted octanol–water partition coefficient (Wildman–Crippen LogP) is 4.71. The van der Waals surface area contributed by atoms with Gasteiger partial charge >= 0.3 is 0 Å². The zero-order chi connectivity index (χ0) is 18.0. The number of aromatic nitrogens is 2. The van der Waals surface area contributed by atoms with Crippen LogP contribution in [-0.4, -0.2) is 23.7 Å². The zero-order valence-electron chi connectivity index (χ0n) is 13.6. The van der Waals surface area contributed by atoms with Crippen LogP contribution in [0, 0.1) is 4.77 Å². The lowest BCUT2D eigenvalue weighted by molar-refractivity contribution is 0.582. The van der Waals surface area contributed by atoms with Crippen LogP contribution >= 0.6 is 23.8 Å². The minimum absolute atomic E-state index is 0.0119. The van der Waals surface area contributed by atoms with Crippen LogP contribution in [0.2, 0.25) is 5.02 Å². The molecule has 0 saturated carbocycles. The molecule has 0 bridgehead atoms. The maximum absolute atomic E-state index is 12.8. The first kappa shape index (κ1) is 17.9. The fourth-order valence-electron chi connectivity index (χ4n) is 2.66. The van der Waals surface area contributed by atoms with Gasteiger partial charge in [-0.15, -0.1) is 0 Å². The number of benzene rings is 2. The number of hydrogen-bond acceptors (Lipinski definition) is 3. The second-order valence-electron chi connectivity index (χ2n) is 5.56. The van der Waals surface area contributed by atoms with Gasteiger partial charge in [0.15, 0.2) is 19.6 Å². The van der Waals surface area contributed by atoms with E-state index in [-0.39, 0.29) is 17.3 Å². The summed E-state index contributed by atoms with van der Waals surface area (Å²) in [6.07, 6.45) is 0. The number of nitrogens with zero attached hydrogens (tertiary/aromatic N) is 1. The monoisotopic (exact) mass is 392 g/mol. The van der Waals surface area contributed by atoms with Gasteiger partial charge in [0.2, 0.25) is 0 Å². The van der Waals surface area contributed by atoms with E-state index in [0.717, 1.165) is 11.1 Å². The number of imidazole rings is 1. The Kier molecular flexibility index (Phi) is 5.13. The summed E-state index contributed by atoms with van der Waals surface area (Å²) in [5.74, 6) is -0.0119. The molecule has 0 saturated heterocycles. The smallest absolute Gasteiger partial charge is 0.195 e. The molecule has 3 rings (SSSR count). The van der Waals surface area contributed by atoms with Crippen LogP contribution in [-0.2, 0) is 16.4 Å². The number of halogens is 1. The van der Waals surface area contributed by atoms with Crippen molar-refractivity contribution in [1.82, 2.24) is 9.55 Å². The van der Waals surface area contributed by atoms with Gasteiger partial charge in [-0.1, -0.05) is 67.1 Å². The maximum atomic E-state index is 12.8. The largest absolute Gasteiger partial charge is 0.329 e. The van der Waals surface area contributed by atoms with Crippen LogP contribution in [0.15, 0.2) is 59.6 Å². The van der Waals surface area contributed by atoms with Crippen molar-refractivity contribution in [2.75, 3.05) is 5.75 Å². The lowest BCUT2D eigenvalue weighted by atomic mass is 10.2. The Labute approximate surface area is 157 Å². The molecule has 0 spiro atoms. The van der Waals surface area contributed by atoms with E-state index in [4.69, 9.17) is 23.8 Å². The van der Waals surface area contributed by atoms with Gasteiger partial charge in [-0.05, 0) is 23.8 Å². The molecule has 1 aromatic heterocycles. The van der Waals surface area contributed by atoms with Gasteiger partial charge in [-0.3, -0.25) is 0 Å². The molecule has 0 aliphatic rings. The van der Waals surface area contributed by atoms with Gasteiger partial charge in [0.25, 0.3) is 0 Å². The van der Waals surface area contributed by atoms with Crippen molar-refractivity contribution >= 4 is 33.7 Å². The van der Waals surface area contributed by atoms with Gasteiger partial charge in [-0.2, -0.15) is 0 Å². The van der Waals surface area contributed by atoms with E-state index >= 15 is 0 Å². The van der Waals surface area contributed by atoms with Crippen LogP contribution in [0.3, 0.4) is 0 Å². The molecule has 130 valence electrons. The number of H-pyrrole nitrogens is 1.